The van der Waals surface area contributed by atoms with E-state index in [9.17, 15) is 4.79 Å². The molecule has 0 aromatic rings. The summed E-state index contributed by atoms with van der Waals surface area (Å²) >= 11 is 17.4. The summed E-state index contributed by atoms with van der Waals surface area (Å²) in [7, 11) is 0. The fourth-order valence-electron chi connectivity index (χ4n) is 1.54. The van der Waals surface area contributed by atoms with Gasteiger partial charge in [-0.25, -0.2) is 0 Å². The number of hydrogen-bond donors (Lipinski definition) is 1. The summed E-state index contributed by atoms with van der Waals surface area (Å²) in [5.74, 6) is -0.363. The van der Waals surface area contributed by atoms with E-state index in [2.05, 4.69) is 5.32 Å². The molecular formula is C9H14Cl3NO. The van der Waals surface area contributed by atoms with Gasteiger partial charge < -0.3 is 5.32 Å². The molecule has 0 aromatic heterocycles. The first-order valence-corrected chi connectivity index (χ1v) is 5.93. The quantitative estimate of drug-likeness (QED) is 0.758. The van der Waals surface area contributed by atoms with E-state index in [4.69, 9.17) is 34.8 Å². The van der Waals surface area contributed by atoms with Gasteiger partial charge in [0.05, 0.1) is 5.38 Å². The van der Waals surface area contributed by atoms with Crippen molar-refractivity contribution in [1.29, 1.82) is 0 Å². The van der Waals surface area contributed by atoms with Crippen LogP contribution in [-0.4, -0.2) is 21.7 Å². The Bertz CT molecular complexity index is 215. The van der Waals surface area contributed by atoms with E-state index < -0.39 is 4.33 Å². The summed E-state index contributed by atoms with van der Waals surface area (Å²) in [6.45, 7) is 1.46. The highest BCUT2D eigenvalue weighted by Gasteiger charge is 2.32. The van der Waals surface area contributed by atoms with Gasteiger partial charge in [0.25, 0.3) is 5.91 Å². The summed E-state index contributed by atoms with van der Waals surface area (Å²) in [6.07, 6.45) is 4.06. The average molecular weight is 259 g/mol. The molecule has 1 fully saturated rings. The van der Waals surface area contributed by atoms with Crippen LogP contribution in [0.15, 0.2) is 0 Å². The predicted octanol–water partition coefficient (Wildman–Crippen LogP) is 2.85. The first-order valence-electron chi connectivity index (χ1n) is 4.74. The number of alkyl halides is 3. The topological polar surface area (TPSA) is 29.1 Å². The van der Waals surface area contributed by atoms with Crippen LogP contribution >= 0.6 is 34.8 Å². The lowest BCUT2D eigenvalue weighted by atomic mass is 9.95. The molecule has 0 bridgehead atoms. The molecule has 1 amide bonds. The Hall–Kier alpha value is 0.340. The zero-order valence-corrected chi connectivity index (χ0v) is 10.3. The summed E-state index contributed by atoms with van der Waals surface area (Å²) in [5, 5.41) is 2.78. The molecule has 0 saturated heterocycles. The highest BCUT2D eigenvalue weighted by atomic mass is 35.5. The number of carbonyl (C=O) groups excluding carboxylic acids is 1. The maximum absolute atomic E-state index is 11.4. The molecule has 0 unspecified atom stereocenters. The van der Waals surface area contributed by atoms with Gasteiger partial charge in [-0.1, -0.05) is 36.0 Å². The minimum atomic E-state index is -1.37. The number of rotatable bonds is 2. The number of amides is 1. The molecule has 2 nitrogen and oxygen atoms in total. The van der Waals surface area contributed by atoms with Crippen molar-refractivity contribution in [3.63, 3.8) is 0 Å². The van der Waals surface area contributed by atoms with Gasteiger partial charge in [0, 0.05) is 6.04 Å². The molecule has 0 radical (unpaired) electrons. The average Bonchev–Trinajstić information content (AvgIpc) is 2.07. The van der Waals surface area contributed by atoms with E-state index in [1.807, 2.05) is 0 Å². The van der Waals surface area contributed by atoms with Crippen molar-refractivity contribution in [3.8, 4) is 0 Å². The third kappa shape index (κ3) is 3.48. The number of nitrogens with one attached hydrogen (secondary N) is 1. The van der Waals surface area contributed by atoms with E-state index in [0.717, 1.165) is 25.7 Å². The van der Waals surface area contributed by atoms with Crippen LogP contribution in [-0.2, 0) is 4.79 Å². The standard InChI is InChI=1S/C9H14Cl3NO/c1-9(11,12)8(14)13-7-5-3-2-4-6(7)10/h6-7H,2-5H2,1H3,(H,13,14)/t6-,7-/m1/s1. The van der Waals surface area contributed by atoms with Gasteiger partial charge in [-0.2, -0.15) is 0 Å². The lowest BCUT2D eigenvalue weighted by Gasteiger charge is -2.29. The first-order chi connectivity index (χ1) is 6.41. The largest absolute Gasteiger partial charge is 0.349 e. The van der Waals surface area contributed by atoms with Crippen molar-refractivity contribution in [3.05, 3.63) is 0 Å². The molecule has 1 aliphatic rings. The molecule has 2 atom stereocenters. The Balaban J connectivity index is 2.46. The summed E-state index contributed by atoms with van der Waals surface area (Å²) in [4.78, 5) is 11.4. The predicted molar refractivity (Wildman–Crippen MR) is 60.2 cm³/mol. The van der Waals surface area contributed by atoms with Crippen LogP contribution in [0.3, 0.4) is 0 Å². The third-order valence-corrected chi connectivity index (χ3v) is 3.26. The Kier molecular flexibility index (Phi) is 4.35. The second-order valence-corrected chi connectivity index (χ2v) is 6.03. The van der Waals surface area contributed by atoms with Crippen molar-refractivity contribution in [2.45, 2.75) is 48.4 Å². The fraction of sp³-hybridized carbons (Fsp3) is 0.889. The van der Waals surface area contributed by atoms with Crippen LogP contribution in [0.25, 0.3) is 0 Å². The fourth-order valence-corrected chi connectivity index (χ4v) is 2.00. The summed E-state index contributed by atoms with van der Waals surface area (Å²) in [6, 6.07) is 0.00902. The molecular weight excluding hydrogens is 244 g/mol. The Morgan fingerprint density at radius 1 is 1.36 bits per heavy atom. The zero-order chi connectivity index (χ0) is 10.8. The van der Waals surface area contributed by atoms with Crippen LogP contribution in [0.2, 0.25) is 0 Å². The summed E-state index contributed by atoms with van der Waals surface area (Å²) < 4.78 is -1.37. The smallest absolute Gasteiger partial charge is 0.256 e. The SMILES string of the molecule is CC(Cl)(Cl)C(=O)N[C@@H]1CCCC[C@H]1Cl. The molecule has 1 N–H and O–H groups in total. The van der Waals surface area contributed by atoms with Crippen LogP contribution < -0.4 is 5.32 Å². The van der Waals surface area contributed by atoms with Gasteiger partial charge in [-0.3, -0.25) is 4.79 Å². The maximum atomic E-state index is 11.4. The monoisotopic (exact) mass is 257 g/mol. The zero-order valence-electron chi connectivity index (χ0n) is 8.03. The van der Waals surface area contributed by atoms with Gasteiger partial charge in [0.2, 0.25) is 0 Å². The van der Waals surface area contributed by atoms with Crippen molar-refractivity contribution in [2.24, 2.45) is 0 Å². The van der Waals surface area contributed by atoms with Gasteiger partial charge in [-0.05, 0) is 19.8 Å². The van der Waals surface area contributed by atoms with Gasteiger partial charge in [0.15, 0.2) is 4.33 Å². The van der Waals surface area contributed by atoms with E-state index in [-0.39, 0.29) is 17.3 Å². The normalized spacial score (nSPS) is 28.6. The molecule has 0 aromatic carbocycles. The molecule has 0 spiro atoms. The van der Waals surface area contributed by atoms with Crippen LogP contribution in [0.5, 0.6) is 0 Å². The minimum absolute atomic E-state index is 0.00313. The Morgan fingerprint density at radius 3 is 2.43 bits per heavy atom. The van der Waals surface area contributed by atoms with Crippen LogP contribution in [0.4, 0.5) is 0 Å². The molecule has 0 heterocycles. The number of halogens is 3. The second kappa shape index (κ2) is 4.91. The van der Waals surface area contributed by atoms with Crippen molar-refractivity contribution in [1.82, 2.24) is 5.32 Å². The number of hydrogen-bond acceptors (Lipinski definition) is 1. The van der Waals surface area contributed by atoms with E-state index in [1.54, 1.807) is 0 Å². The highest BCUT2D eigenvalue weighted by Crippen LogP contribution is 2.25. The van der Waals surface area contributed by atoms with Crippen molar-refractivity contribution >= 4 is 40.7 Å². The molecule has 82 valence electrons. The van der Waals surface area contributed by atoms with Crippen molar-refractivity contribution in [2.75, 3.05) is 0 Å². The molecule has 1 aliphatic carbocycles. The minimum Gasteiger partial charge on any atom is -0.349 e. The summed E-state index contributed by atoms with van der Waals surface area (Å²) in [5.41, 5.74) is 0. The molecule has 5 heteroatoms. The van der Waals surface area contributed by atoms with E-state index in [1.165, 1.54) is 6.92 Å². The number of carbonyl (C=O) groups is 1. The van der Waals surface area contributed by atoms with Gasteiger partial charge in [-0.15, -0.1) is 11.6 Å². The van der Waals surface area contributed by atoms with Gasteiger partial charge in [0.1, 0.15) is 0 Å². The molecule has 14 heavy (non-hydrogen) atoms. The molecule has 1 rings (SSSR count). The van der Waals surface area contributed by atoms with E-state index >= 15 is 0 Å². The highest BCUT2D eigenvalue weighted by molar-refractivity contribution is 6.57. The van der Waals surface area contributed by atoms with Gasteiger partial charge >= 0.3 is 0 Å². The van der Waals surface area contributed by atoms with Crippen molar-refractivity contribution < 1.29 is 4.79 Å². The lowest BCUT2D eigenvalue weighted by molar-refractivity contribution is -0.122. The lowest BCUT2D eigenvalue weighted by Crippen LogP contribution is -2.47. The first kappa shape index (κ1) is 12.4. The van der Waals surface area contributed by atoms with E-state index in [0.29, 0.717) is 0 Å². The van der Waals surface area contributed by atoms with Crippen LogP contribution in [0, 0.1) is 0 Å². The third-order valence-electron chi connectivity index (χ3n) is 2.40. The molecule has 0 aliphatic heterocycles. The maximum Gasteiger partial charge on any atom is 0.256 e. The Labute approximate surface area is 99.3 Å². The van der Waals surface area contributed by atoms with Crippen LogP contribution in [0.1, 0.15) is 32.6 Å². The second-order valence-electron chi connectivity index (χ2n) is 3.77. The molecule has 1 saturated carbocycles. The Morgan fingerprint density at radius 2 is 1.93 bits per heavy atom.